The largest absolute Gasteiger partial charge is 0.431 e. The summed E-state index contributed by atoms with van der Waals surface area (Å²) in [5.74, 6) is 0.114. The Balaban J connectivity index is 1.10. The highest BCUT2D eigenvalue weighted by Gasteiger charge is 2.22. The van der Waals surface area contributed by atoms with Gasteiger partial charge >= 0.3 is 0 Å². The predicted octanol–water partition coefficient (Wildman–Crippen LogP) is 5.48. The summed E-state index contributed by atoms with van der Waals surface area (Å²) in [5.41, 5.74) is 4.97. The fourth-order valence-electron chi connectivity index (χ4n) is 4.07. The molecular weight excluding hydrogens is 496 g/mol. The van der Waals surface area contributed by atoms with Gasteiger partial charge in [0.05, 0.1) is 5.75 Å². The van der Waals surface area contributed by atoms with E-state index >= 15 is 0 Å². The van der Waals surface area contributed by atoms with Crippen LogP contribution in [0.5, 0.6) is 0 Å². The monoisotopic (exact) mass is 520 g/mol. The fourth-order valence-corrected chi connectivity index (χ4v) is 4.87. The Morgan fingerprint density at radius 2 is 1.72 bits per heavy atom. The minimum Gasteiger partial charge on any atom is -0.431 e. The van der Waals surface area contributed by atoms with Crippen LogP contribution in [0.25, 0.3) is 11.1 Å². The normalized spacial score (nSPS) is 13.7. The molecule has 0 aliphatic carbocycles. The van der Waals surface area contributed by atoms with Gasteiger partial charge < -0.3 is 19.5 Å². The van der Waals surface area contributed by atoms with Crippen LogP contribution in [0.2, 0.25) is 5.02 Å². The van der Waals surface area contributed by atoms with Gasteiger partial charge in [0, 0.05) is 48.1 Å². The Bertz CT molecular complexity index is 1380. The predicted molar refractivity (Wildman–Crippen MR) is 144 cm³/mol. The second-order valence-electron chi connectivity index (χ2n) is 8.62. The van der Waals surface area contributed by atoms with Crippen molar-refractivity contribution in [3.63, 3.8) is 0 Å². The molecular formula is C27H25ClN4O3S. The number of aromatic nitrogens is 1. The zero-order chi connectivity index (χ0) is 25.1. The average molecular weight is 521 g/mol. The number of nitrogens with zero attached hydrogens (tertiary/aromatic N) is 3. The molecule has 9 heteroatoms. The lowest BCUT2D eigenvalue weighted by molar-refractivity contribution is -0.113. The van der Waals surface area contributed by atoms with Gasteiger partial charge in [0.25, 0.3) is 11.1 Å². The molecule has 3 aromatic carbocycles. The van der Waals surface area contributed by atoms with E-state index in [-0.39, 0.29) is 17.6 Å². The zero-order valence-electron chi connectivity index (χ0n) is 19.7. The van der Waals surface area contributed by atoms with Crippen molar-refractivity contribution in [1.29, 1.82) is 0 Å². The molecule has 184 valence electrons. The molecule has 0 bridgehead atoms. The maximum atomic E-state index is 12.8. The molecule has 2 heterocycles. The SMILES string of the molecule is Cc1ccc(C(=O)N2CCN(c3ccc(NC(=O)CSc4nc5cc(Cl)ccc5o4)cc3)CC2)cc1. The van der Waals surface area contributed by atoms with Gasteiger partial charge in [-0.05, 0) is 61.5 Å². The third-order valence-electron chi connectivity index (χ3n) is 6.04. The third-order valence-corrected chi connectivity index (χ3v) is 7.10. The summed E-state index contributed by atoms with van der Waals surface area (Å²) in [7, 11) is 0. The van der Waals surface area contributed by atoms with Crippen molar-refractivity contribution in [3.8, 4) is 0 Å². The van der Waals surface area contributed by atoms with Crippen molar-refractivity contribution < 1.29 is 14.0 Å². The van der Waals surface area contributed by atoms with Crippen LogP contribution in [0.4, 0.5) is 11.4 Å². The van der Waals surface area contributed by atoms with Crippen LogP contribution in [-0.2, 0) is 4.79 Å². The summed E-state index contributed by atoms with van der Waals surface area (Å²) < 4.78 is 5.64. The molecule has 0 saturated carbocycles. The van der Waals surface area contributed by atoms with Crippen LogP contribution < -0.4 is 10.2 Å². The van der Waals surface area contributed by atoms with Gasteiger partial charge in [-0.1, -0.05) is 41.1 Å². The first-order chi connectivity index (χ1) is 17.4. The highest BCUT2D eigenvalue weighted by Crippen LogP contribution is 2.26. The topological polar surface area (TPSA) is 78.7 Å². The summed E-state index contributed by atoms with van der Waals surface area (Å²) in [6.07, 6.45) is 0. The number of fused-ring (bicyclic) bond motifs is 1. The Hall–Kier alpha value is -3.49. The van der Waals surface area contributed by atoms with E-state index < -0.39 is 0 Å². The summed E-state index contributed by atoms with van der Waals surface area (Å²) in [6.45, 7) is 4.87. The number of aryl methyl sites for hydroxylation is 1. The fraction of sp³-hybridized carbons (Fsp3) is 0.222. The maximum absolute atomic E-state index is 12.8. The van der Waals surface area contributed by atoms with E-state index in [4.69, 9.17) is 16.0 Å². The quantitative estimate of drug-likeness (QED) is 0.339. The van der Waals surface area contributed by atoms with Gasteiger partial charge in [-0.2, -0.15) is 0 Å². The minimum absolute atomic E-state index is 0.0761. The molecule has 1 aliphatic rings. The van der Waals surface area contributed by atoms with Crippen molar-refractivity contribution in [3.05, 3.63) is 82.9 Å². The lowest BCUT2D eigenvalue weighted by Gasteiger charge is -2.36. The van der Waals surface area contributed by atoms with Crippen LogP contribution in [-0.4, -0.2) is 53.6 Å². The standard InChI is InChI=1S/C27H25ClN4O3S/c1-18-2-4-19(5-3-18)26(34)32-14-12-31(13-15-32)22-9-7-21(8-10-22)29-25(33)17-36-27-30-23-16-20(28)6-11-24(23)35-27/h2-11,16H,12-15,17H2,1H3,(H,29,33). The number of nitrogens with one attached hydrogen (secondary N) is 1. The van der Waals surface area contributed by atoms with Gasteiger partial charge in [0.2, 0.25) is 5.91 Å². The number of thioether (sulfide) groups is 1. The first-order valence-corrected chi connectivity index (χ1v) is 13.0. The van der Waals surface area contributed by atoms with Crippen molar-refractivity contribution in [1.82, 2.24) is 9.88 Å². The van der Waals surface area contributed by atoms with Crippen molar-refractivity contribution >= 4 is 57.7 Å². The molecule has 1 saturated heterocycles. The molecule has 0 spiro atoms. The first-order valence-electron chi connectivity index (χ1n) is 11.6. The second-order valence-corrected chi connectivity index (χ2v) is 9.98. The molecule has 1 fully saturated rings. The molecule has 1 aliphatic heterocycles. The number of amides is 2. The van der Waals surface area contributed by atoms with Gasteiger partial charge in [0.1, 0.15) is 5.52 Å². The van der Waals surface area contributed by atoms with Crippen LogP contribution in [0.1, 0.15) is 15.9 Å². The number of rotatable bonds is 6. The minimum atomic E-state index is -0.142. The Kier molecular flexibility index (Phi) is 7.16. The molecule has 7 nitrogen and oxygen atoms in total. The second kappa shape index (κ2) is 10.6. The summed E-state index contributed by atoms with van der Waals surface area (Å²) in [5, 5.41) is 3.93. The smallest absolute Gasteiger partial charge is 0.257 e. The van der Waals surface area contributed by atoms with Crippen LogP contribution >= 0.6 is 23.4 Å². The molecule has 0 atom stereocenters. The molecule has 36 heavy (non-hydrogen) atoms. The number of halogens is 1. The molecule has 1 aromatic heterocycles. The highest BCUT2D eigenvalue weighted by atomic mass is 35.5. The lowest BCUT2D eigenvalue weighted by atomic mass is 10.1. The van der Waals surface area contributed by atoms with Gasteiger partial charge in [0.15, 0.2) is 5.58 Å². The van der Waals surface area contributed by atoms with Crippen molar-refractivity contribution in [2.24, 2.45) is 0 Å². The van der Waals surface area contributed by atoms with Gasteiger partial charge in [-0.3, -0.25) is 9.59 Å². The number of oxazole rings is 1. The Morgan fingerprint density at radius 1 is 1.00 bits per heavy atom. The van der Waals surface area contributed by atoms with E-state index in [0.717, 1.165) is 35.6 Å². The van der Waals surface area contributed by atoms with E-state index in [1.54, 1.807) is 18.2 Å². The van der Waals surface area contributed by atoms with Crippen LogP contribution in [0, 0.1) is 6.92 Å². The number of hydrogen-bond donors (Lipinski definition) is 1. The maximum Gasteiger partial charge on any atom is 0.257 e. The van der Waals surface area contributed by atoms with E-state index in [2.05, 4.69) is 15.2 Å². The highest BCUT2D eigenvalue weighted by molar-refractivity contribution is 7.99. The first kappa shape index (κ1) is 24.2. The molecule has 0 unspecified atom stereocenters. The molecule has 5 rings (SSSR count). The molecule has 0 radical (unpaired) electrons. The number of carbonyl (C=O) groups is 2. The molecule has 2 amide bonds. The average Bonchev–Trinajstić information content (AvgIpc) is 3.30. The van der Waals surface area contributed by atoms with Crippen LogP contribution in [0.3, 0.4) is 0 Å². The van der Waals surface area contributed by atoms with Crippen LogP contribution in [0.15, 0.2) is 76.4 Å². The number of piperazine rings is 1. The summed E-state index contributed by atoms with van der Waals surface area (Å²) >= 11 is 7.21. The molecule has 1 N–H and O–H groups in total. The zero-order valence-corrected chi connectivity index (χ0v) is 21.3. The summed E-state index contributed by atoms with van der Waals surface area (Å²) in [4.78, 5) is 33.7. The van der Waals surface area contributed by atoms with Gasteiger partial charge in [-0.25, -0.2) is 4.98 Å². The number of carbonyl (C=O) groups excluding carboxylic acids is 2. The van der Waals surface area contributed by atoms with E-state index in [1.165, 1.54) is 11.8 Å². The number of hydrogen-bond acceptors (Lipinski definition) is 6. The van der Waals surface area contributed by atoms with E-state index in [9.17, 15) is 9.59 Å². The Morgan fingerprint density at radius 3 is 2.44 bits per heavy atom. The summed E-state index contributed by atoms with van der Waals surface area (Å²) in [6, 6.07) is 20.7. The van der Waals surface area contributed by atoms with E-state index in [1.807, 2.05) is 60.4 Å². The van der Waals surface area contributed by atoms with Gasteiger partial charge in [-0.15, -0.1) is 0 Å². The number of benzene rings is 3. The third kappa shape index (κ3) is 5.66. The lowest BCUT2D eigenvalue weighted by Crippen LogP contribution is -2.48. The molecule has 4 aromatic rings. The Labute approximate surface area is 218 Å². The number of anilines is 2. The van der Waals surface area contributed by atoms with Crippen molar-refractivity contribution in [2.75, 3.05) is 42.1 Å². The van der Waals surface area contributed by atoms with Crippen molar-refractivity contribution in [2.45, 2.75) is 12.1 Å². The van der Waals surface area contributed by atoms with E-state index in [0.29, 0.717) is 34.4 Å².